The van der Waals surface area contributed by atoms with Crippen molar-refractivity contribution in [3.05, 3.63) is 90.6 Å². The summed E-state index contributed by atoms with van der Waals surface area (Å²) < 4.78 is 0. The summed E-state index contributed by atoms with van der Waals surface area (Å²) in [7, 11) is 2.58. The Bertz CT molecular complexity index is 1010. The van der Waals surface area contributed by atoms with Crippen LogP contribution in [0.3, 0.4) is 0 Å². The van der Waals surface area contributed by atoms with E-state index in [4.69, 9.17) is 4.98 Å². The van der Waals surface area contributed by atoms with Crippen molar-refractivity contribution in [2.24, 2.45) is 0 Å². The highest BCUT2D eigenvalue weighted by Crippen LogP contribution is 2.34. The fourth-order valence-corrected chi connectivity index (χ4v) is 3.31. The maximum Gasteiger partial charge on any atom is 0.0783 e. The number of benzene rings is 3. The normalized spacial score (nSPS) is 10.3. The summed E-state index contributed by atoms with van der Waals surface area (Å²) in [5, 5.41) is 2.46. The van der Waals surface area contributed by atoms with Crippen molar-refractivity contribution < 1.29 is 0 Å². The van der Waals surface area contributed by atoms with Crippen molar-refractivity contribution >= 4 is 20.0 Å². The minimum absolute atomic E-state index is 1.01. The third-order valence-corrected chi connectivity index (χ3v) is 4.53. The molecule has 4 rings (SSSR count). The van der Waals surface area contributed by atoms with Crippen LogP contribution in [0.1, 0.15) is 19.4 Å². The van der Waals surface area contributed by atoms with Gasteiger partial charge in [-0.25, -0.2) is 0 Å². The lowest BCUT2D eigenvalue weighted by atomic mass is 9.94. The molecule has 0 N–H and O–H groups in total. The monoisotopic (exact) mass is 371 g/mol. The van der Waals surface area contributed by atoms with Gasteiger partial charge in [-0.1, -0.05) is 92.7 Å². The van der Waals surface area contributed by atoms with Crippen molar-refractivity contribution in [3.63, 3.8) is 0 Å². The maximum atomic E-state index is 4.86. The van der Waals surface area contributed by atoms with Crippen molar-refractivity contribution in [2.45, 2.75) is 20.3 Å². The largest absolute Gasteiger partial charge is 0.255 e. The highest BCUT2D eigenvalue weighted by Gasteiger charge is 2.12. The van der Waals surface area contributed by atoms with E-state index in [1.165, 1.54) is 39.2 Å². The van der Waals surface area contributed by atoms with Gasteiger partial charge in [-0.2, -0.15) is 0 Å². The Morgan fingerprint density at radius 1 is 0.704 bits per heavy atom. The molecular formula is C25H26NP. The van der Waals surface area contributed by atoms with E-state index in [1.807, 2.05) is 12.3 Å². The molecule has 3 aromatic carbocycles. The molecule has 27 heavy (non-hydrogen) atoms. The van der Waals surface area contributed by atoms with E-state index in [2.05, 4.69) is 95.9 Å². The van der Waals surface area contributed by atoms with E-state index in [9.17, 15) is 0 Å². The number of nitrogens with zero attached hydrogens (tertiary/aromatic N) is 1. The van der Waals surface area contributed by atoms with Gasteiger partial charge in [0, 0.05) is 22.7 Å². The van der Waals surface area contributed by atoms with Crippen molar-refractivity contribution in [3.8, 4) is 22.4 Å². The van der Waals surface area contributed by atoms with Crippen LogP contribution in [0.15, 0.2) is 85.1 Å². The molecule has 1 heterocycles. The van der Waals surface area contributed by atoms with Gasteiger partial charge < -0.3 is 0 Å². The van der Waals surface area contributed by atoms with Crippen LogP contribution in [0.4, 0.5) is 0 Å². The number of fused-ring (bicyclic) bond motifs is 1. The van der Waals surface area contributed by atoms with Gasteiger partial charge in [-0.15, -0.1) is 9.24 Å². The Labute approximate surface area is 164 Å². The van der Waals surface area contributed by atoms with Crippen molar-refractivity contribution in [2.75, 3.05) is 6.16 Å². The highest BCUT2D eigenvalue weighted by atomic mass is 31.0. The predicted molar refractivity (Wildman–Crippen MR) is 122 cm³/mol. The van der Waals surface area contributed by atoms with Gasteiger partial charge in [0.1, 0.15) is 0 Å². The molecule has 4 aromatic rings. The number of hydrogen-bond donors (Lipinski definition) is 0. The summed E-state index contributed by atoms with van der Waals surface area (Å²) in [6.07, 6.45) is 4.19. The topological polar surface area (TPSA) is 12.9 Å². The molecule has 2 heteroatoms. The molecule has 0 amide bonds. The van der Waals surface area contributed by atoms with Gasteiger partial charge in [0.15, 0.2) is 0 Å². The zero-order valence-corrected chi connectivity index (χ0v) is 17.2. The number of rotatable bonds is 3. The van der Waals surface area contributed by atoms with Crippen molar-refractivity contribution in [1.82, 2.24) is 4.98 Å². The lowest BCUT2D eigenvalue weighted by molar-refractivity contribution is 1.14. The van der Waals surface area contributed by atoms with Gasteiger partial charge >= 0.3 is 0 Å². The van der Waals surface area contributed by atoms with Crippen LogP contribution in [-0.4, -0.2) is 11.1 Å². The van der Waals surface area contributed by atoms with Gasteiger partial charge in [0.2, 0.25) is 0 Å². The molecule has 0 radical (unpaired) electrons. The van der Waals surface area contributed by atoms with Gasteiger partial charge in [0.05, 0.1) is 5.69 Å². The molecule has 0 fully saturated rings. The standard InChI is InChI=1S/C23H19N.C2H7P/c1-2-17-10-6-7-13-19(17)23-21-15-9-8-14-20(21)22(16-24-23)18-11-4-3-5-12-18;1-2-3/h3-16H,2H2,1H3;2-3H2,1H3. The molecule has 1 nitrogen and oxygen atoms in total. The minimum atomic E-state index is 1.01. The summed E-state index contributed by atoms with van der Waals surface area (Å²) in [5.74, 6) is 0. The van der Waals surface area contributed by atoms with E-state index in [0.29, 0.717) is 0 Å². The molecule has 1 aromatic heterocycles. The number of pyridine rings is 1. The Hall–Kier alpha value is -2.50. The van der Waals surface area contributed by atoms with Crippen LogP contribution < -0.4 is 0 Å². The van der Waals surface area contributed by atoms with E-state index in [0.717, 1.165) is 12.1 Å². The van der Waals surface area contributed by atoms with Crippen LogP contribution in [-0.2, 0) is 6.42 Å². The fraction of sp³-hybridized carbons (Fsp3) is 0.160. The van der Waals surface area contributed by atoms with Gasteiger partial charge in [-0.05, 0) is 29.1 Å². The first-order chi connectivity index (χ1) is 13.3. The molecule has 0 saturated heterocycles. The predicted octanol–water partition coefficient (Wildman–Crippen LogP) is 7.01. The number of hydrogen-bond acceptors (Lipinski definition) is 1. The molecular weight excluding hydrogens is 345 g/mol. The van der Waals surface area contributed by atoms with Crippen LogP contribution >= 0.6 is 9.24 Å². The second-order valence-electron chi connectivity index (χ2n) is 6.35. The summed E-state index contributed by atoms with van der Waals surface area (Å²) >= 11 is 0. The molecule has 1 unspecified atom stereocenters. The lowest BCUT2D eigenvalue weighted by Gasteiger charge is -2.13. The van der Waals surface area contributed by atoms with Crippen molar-refractivity contribution in [1.29, 1.82) is 0 Å². The Balaban J connectivity index is 0.000000659. The zero-order valence-electron chi connectivity index (χ0n) is 16.0. The third-order valence-electron chi connectivity index (χ3n) is 4.53. The van der Waals surface area contributed by atoms with E-state index < -0.39 is 0 Å². The first-order valence-corrected chi connectivity index (χ1v) is 10.3. The molecule has 0 bridgehead atoms. The average Bonchev–Trinajstić information content (AvgIpc) is 2.74. The number of aryl methyl sites for hydroxylation is 1. The minimum Gasteiger partial charge on any atom is -0.255 e. The highest BCUT2D eigenvalue weighted by molar-refractivity contribution is 7.16. The third kappa shape index (κ3) is 4.26. The van der Waals surface area contributed by atoms with E-state index >= 15 is 0 Å². The number of aromatic nitrogens is 1. The lowest BCUT2D eigenvalue weighted by Crippen LogP contribution is -1.93. The second kappa shape index (κ2) is 9.44. The van der Waals surface area contributed by atoms with Crippen LogP contribution in [0.2, 0.25) is 0 Å². The van der Waals surface area contributed by atoms with Gasteiger partial charge in [0.25, 0.3) is 0 Å². The first kappa shape index (κ1) is 19.3. The SMILES string of the molecule is CCP.CCc1ccccc1-c1ncc(-c2ccccc2)c2ccccc12. The fourth-order valence-electron chi connectivity index (χ4n) is 3.31. The smallest absolute Gasteiger partial charge is 0.0783 e. The van der Waals surface area contributed by atoms with E-state index in [1.54, 1.807) is 0 Å². The Morgan fingerprint density at radius 2 is 1.30 bits per heavy atom. The molecule has 0 saturated carbocycles. The first-order valence-electron chi connectivity index (χ1n) is 9.51. The van der Waals surface area contributed by atoms with Crippen LogP contribution in [0, 0.1) is 0 Å². The molecule has 0 aliphatic carbocycles. The Morgan fingerprint density at radius 3 is 2.00 bits per heavy atom. The summed E-state index contributed by atoms with van der Waals surface area (Å²) in [6, 6.07) is 27.6. The van der Waals surface area contributed by atoms with E-state index in [-0.39, 0.29) is 0 Å². The molecule has 1 atom stereocenters. The molecule has 136 valence electrons. The maximum absolute atomic E-state index is 4.86. The Kier molecular flexibility index (Phi) is 6.74. The van der Waals surface area contributed by atoms with Gasteiger partial charge in [-0.3, -0.25) is 4.98 Å². The van der Waals surface area contributed by atoms with Crippen LogP contribution in [0.5, 0.6) is 0 Å². The molecule has 0 aliphatic heterocycles. The zero-order chi connectivity index (χ0) is 19.1. The summed E-state index contributed by atoms with van der Waals surface area (Å²) in [4.78, 5) is 4.86. The average molecular weight is 371 g/mol. The van der Waals surface area contributed by atoms with Crippen LogP contribution in [0.25, 0.3) is 33.2 Å². The summed E-state index contributed by atoms with van der Waals surface area (Å²) in [6.45, 7) is 4.28. The molecule has 0 aliphatic rings. The molecule has 0 spiro atoms. The second-order valence-corrected chi connectivity index (χ2v) is 7.17. The summed E-state index contributed by atoms with van der Waals surface area (Å²) in [5.41, 5.74) is 6.03. The quantitative estimate of drug-likeness (QED) is 0.353.